The minimum absolute atomic E-state index is 0.139. The van der Waals surface area contributed by atoms with E-state index in [0.29, 0.717) is 6.04 Å². The van der Waals surface area contributed by atoms with E-state index in [4.69, 9.17) is 0 Å². The first-order chi connectivity index (χ1) is 9.24. The molecule has 0 unspecified atom stereocenters. The Bertz CT molecular complexity index is 463. The van der Waals surface area contributed by atoms with E-state index in [-0.39, 0.29) is 5.91 Å². The molecule has 0 aromatic carbocycles. The van der Waals surface area contributed by atoms with E-state index >= 15 is 0 Å². The maximum Gasteiger partial charge on any atom is 0.261 e. The van der Waals surface area contributed by atoms with Crippen molar-refractivity contribution < 1.29 is 4.79 Å². The molecule has 0 bridgehead atoms. The van der Waals surface area contributed by atoms with Crippen LogP contribution in [-0.4, -0.2) is 25.5 Å². The smallest absolute Gasteiger partial charge is 0.261 e. The van der Waals surface area contributed by atoms with Crippen molar-refractivity contribution in [2.24, 2.45) is 0 Å². The maximum atomic E-state index is 12.3. The zero-order valence-corrected chi connectivity index (χ0v) is 12.4. The molecule has 3 nitrogen and oxygen atoms in total. The second kappa shape index (κ2) is 5.53. The average Bonchev–Trinajstić information content (AvgIpc) is 2.85. The van der Waals surface area contributed by atoms with Crippen LogP contribution in [0.1, 0.15) is 53.8 Å². The summed E-state index contributed by atoms with van der Waals surface area (Å²) in [6.45, 7) is 1.11. The van der Waals surface area contributed by atoms with Crippen molar-refractivity contribution in [3.63, 3.8) is 0 Å². The Labute approximate surface area is 119 Å². The number of carbonyl (C=O) groups excluding carboxylic acids is 1. The molecule has 19 heavy (non-hydrogen) atoms. The van der Waals surface area contributed by atoms with E-state index in [0.717, 1.165) is 30.7 Å². The number of anilines is 1. The number of thiophene rings is 1. The first-order valence-electron chi connectivity index (χ1n) is 7.39. The van der Waals surface area contributed by atoms with Crippen molar-refractivity contribution in [2.45, 2.75) is 51.0 Å². The second-order valence-electron chi connectivity index (χ2n) is 5.77. The summed E-state index contributed by atoms with van der Waals surface area (Å²) in [5, 5.41) is 4.50. The van der Waals surface area contributed by atoms with Gasteiger partial charge in [-0.25, -0.2) is 0 Å². The van der Waals surface area contributed by atoms with Crippen molar-refractivity contribution in [3.05, 3.63) is 16.5 Å². The highest BCUT2D eigenvalue weighted by atomic mass is 32.1. The fourth-order valence-electron chi connectivity index (χ4n) is 3.14. The molecule has 1 aliphatic heterocycles. The van der Waals surface area contributed by atoms with Gasteiger partial charge in [-0.1, -0.05) is 19.3 Å². The topological polar surface area (TPSA) is 32.3 Å². The highest BCUT2D eigenvalue weighted by Gasteiger charge is 2.22. The molecule has 1 fully saturated rings. The molecule has 1 aromatic rings. The van der Waals surface area contributed by atoms with Crippen LogP contribution in [0.2, 0.25) is 0 Å². The van der Waals surface area contributed by atoms with Gasteiger partial charge in [0.15, 0.2) is 0 Å². The number of aryl methyl sites for hydroxylation is 1. The van der Waals surface area contributed by atoms with E-state index in [1.165, 1.54) is 36.2 Å². The summed E-state index contributed by atoms with van der Waals surface area (Å²) in [7, 11) is 2.12. The largest absolute Gasteiger partial charge is 0.366 e. The van der Waals surface area contributed by atoms with Crippen LogP contribution in [0.25, 0.3) is 0 Å². The first-order valence-corrected chi connectivity index (χ1v) is 8.20. The van der Waals surface area contributed by atoms with E-state index in [1.807, 2.05) is 0 Å². The second-order valence-corrected chi connectivity index (χ2v) is 6.81. The van der Waals surface area contributed by atoms with Gasteiger partial charge in [0.2, 0.25) is 0 Å². The van der Waals surface area contributed by atoms with Crippen LogP contribution in [0, 0.1) is 0 Å². The van der Waals surface area contributed by atoms with Crippen LogP contribution in [0.3, 0.4) is 0 Å². The number of nitrogens with zero attached hydrogens (tertiary/aromatic N) is 1. The van der Waals surface area contributed by atoms with E-state index < -0.39 is 0 Å². The standard InChI is InChI=1S/C15H22N2OS/c1-17-9-5-6-11-10-13(19-15(11)17)14(18)16-12-7-3-2-4-8-12/h10,12H,2-9H2,1H3,(H,16,18). The molecule has 1 N–H and O–H groups in total. The number of carbonyl (C=O) groups is 1. The molecule has 3 rings (SSSR count). The van der Waals surface area contributed by atoms with Crippen LogP contribution >= 0.6 is 11.3 Å². The number of rotatable bonds is 2. The molecule has 1 amide bonds. The monoisotopic (exact) mass is 278 g/mol. The van der Waals surface area contributed by atoms with Crippen LogP contribution in [-0.2, 0) is 6.42 Å². The molecule has 0 saturated heterocycles. The van der Waals surface area contributed by atoms with Gasteiger partial charge in [-0.05, 0) is 37.3 Å². The SMILES string of the molecule is CN1CCCc2cc(C(=O)NC3CCCCC3)sc21. The minimum atomic E-state index is 0.139. The van der Waals surface area contributed by atoms with Gasteiger partial charge in [-0.3, -0.25) is 4.79 Å². The average molecular weight is 278 g/mol. The quantitative estimate of drug-likeness (QED) is 0.901. The van der Waals surface area contributed by atoms with Crippen LogP contribution in [0.4, 0.5) is 5.00 Å². The summed E-state index contributed by atoms with van der Waals surface area (Å²) in [5.74, 6) is 0.139. The van der Waals surface area contributed by atoms with Crippen LogP contribution < -0.4 is 10.2 Å². The van der Waals surface area contributed by atoms with Crippen LogP contribution in [0.15, 0.2) is 6.07 Å². The highest BCUT2D eigenvalue weighted by molar-refractivity contribution is 7.18. The molecule has 0 radical (unpaired) electrons. The van der Waals surface area contributed by atoms with Crippen molar-refractivity contribution in [2.75, 3.05) is 18.5 Å². The van der Waals surface area contributed by atoms with E-state index in [1.54, 1.807) is 11.3 Å². The summed E-state index contributed by atoms with van der Waals surface area (Å²) in [5.41, 5.74) is 1.35. The molecule has 0 spiro atoms. The Balaban J connectivity index is 1.69. The fourth-order valence-corrected chi connectivity index (χ4v) is 4.25. The molecule has 0 atom stereocenters. The lowest BCUT2D eigenvalue weighted by atomic mass is 9.95. The van der Waals surface area contributed by atoms with Gasteiger partial charge < -0.3 is 10.2 Å². The lowest BCUT2D eigenvalue weighted by Crippen LogP contribution is -2.35. The predicted octanol–water partition coefficient (Wildman–Crippen LogP) is 3.19. The highest BCUT2D eigenvalue weighted by Crippen LogP contribution is 2.35. The lowest BCUT2D eigenvalue weighted by Gasteiger charge is -2.23. The van der Waals surface area contributed by atoms with Gasteiger partial charge in [-0.2, -0.15) is 0 Å². The number of fused-ring (bicyclic) bond motifs is 1. The normalized spacial score (nSPS) is 20.2. The van der Waals surface area contributed by atoms with Crippen LogP contribution in [0.5, 0.6) is 0 Å². The number of hydrogen-bond donors (Lipinski definition) is 1. The van der Waals surface area contributed by atoms with Crippen molar-refractivity contribution in [3.8, 4) is 0 Å². The van der Waals surface area contributed by atoms with Crippen molar-refractivity contribution in [1.29, 1.82) is 0 Å². The zero-order chi connectivity index (χ0) is 13.2. The molecule has 1 saturated carbocycles. The van der Waals surface area contributed by atoms with Gasteiger partial charge in [-0.15, -0.1) is 11.3 Å². The summed E-state index contributed by atoms with van der Waals surface area (Å²) in [6, 6.07) is 2.51. The molecular weight excluding hydrogens is 256 g/mol. The summed E-state index contributed by atoms with van der Waals surface area (Å²) >= 11 is 1.65. The predicted molar refractivity (Wildman–Crippen MR) is 80.2 cm³/mol. The van der Waals surface area contributed by atoms with Crippen molar-refractivity contribution >= 4 is 22.2 Å². The zero-order valence-electron chi connectivity index (χ0n) is 11.6. The third-order valence-corrected chi connectivity index (χ3v) is 5.53. The number of nitrogens with one attached hydrogen (secondary N) is 1. The third kappa shape index (κ3) is 2.78. The molecule has 2 heterocycles. The number of hydrogen-bond acceptors (Lipinski definition) is 3. The Morgan fingerprint density at radius 2 is 2.11 bits per heavy atom. The minimum Gasteiger partial charge on any atom is -0.366 e. The molecule has 4 heteroatoms. The summed E-state index contributed by atoms with van der Waals surface area (Å²) < 4.78 is 0. The molecule has 104 valence electrons. The van der Waals surface area contributed by atoms with Gasteiger partial charge >= 0.3 is 0 Å². The maximum absolute atomic E-state index is 12.3. The Morgan fingerprint density at radius 3 is 2.84 bits per heavy atom. The Morgan fingerprint density at radius 1 is 1.32 bits per heavy atom. The van der Waals surface area contributed by atoms with E-state index in [9.17, 15) is 4.79 Å². The van der Waals surface area contributed by atoms with E-state index in [2.05, 4.69) is 23.3 Å². The third-order valence-electron chi connectivity index (χ3n) is 4.24. The van der Waals surface area contributed by atoms with Gasteiger partial charge in [0.25, 0.3) is 5.91 Å². The van der Waals surface area contributed by atoms with Crippen molar-refractivity contribution in [1.82, 2.24) is 5.32 Å². The first kappa shape index (κ1) is 13.0. The van der Waals surface area contributed by atoms with Gasteiger partial charge in [0.1, 0.15) is 0 Å². The van der Waals surface area contributed by atoms with Gasteiger partial charge in [0.05, 0.1) is 9.88 Å². The summed E-state index contributed by atoms with van der Waals surface area (Å²) in [4.78, 5) is 15.5. The molecule has 2 aliphatic rings. The lowest BCUT2D eigenvalue weighted by molar-refractivity contribution is 0.0932. The molecule has 1 aliphatic carbocycles. The Hall–Kier alpha value is -1.03. The fraction of sp³-hybridized carbons (Fsp3) is 0.667. The molecule has 1 aromatic heterocycles. The number of amides is 1. The summed E-state index contributed by atoms with van der Waals surface area (Å²) in [6.07, 6.45) is 8.46. The van der Waals surface area contributed by atoms with Gasteiger partial charge in [0, 0.05) is 19.6 Å². The Kier molecular flexibility index (Phi) is 3.78. The molecular formula is C15H22N2OS.